The quantitative estimate of drug-likeness (QED) is 0.930. The number of nitrogens with one attached hydrogen (secondary N) is 1. The van der Waals surface area contributed by atoms with Crippen molar-refractivity contribution >= 4 is 22.8 Å². The van der Waals surface area contributed by atoms with Gasteiger partial charge in [0.15, 0.2) is 5.65 Å². The van der Waals surface area contributed by atoms with E-state index < -0.39 is 0 Å². The minimum Gasteiger partial charge on any atom is -0.356 e. The molecule has 0 atom stereocenters. The van der Waals surface area contributed by atoms with Gasteiger partial charge in [0.05, 0.1) is 11.6 Å². The van der Waals surface area contributed by atoms with Crippen LogP contribution >= 0.6 is 0 Å². The minimum atomic E-state index is 0.0437. The van der Waals surface area contributed by atoms with Gasteiger partial charge >= 0.3 is 0 Å². The van der Waals surface area contributed by atoms with Gasteiger partial charge in [-0.2, -0.15) is 5.10 Å². The molecule has 7 heteroatoms. The first-order valence-electron chi connectivity index (χ1n) is 8.17. The van der Waals surface area contributed by atoms with Crippen molar-refractivity contribution in [2.45, 2.75) is 45.6 Å². The summed E-state index contributed by atoms with van der Waals surface area (Å²) in [5.41, 5.74) is 0.877. The van der Waals surface area contributed by atoms with Crippen LogP contribution in [0.2, 0.25) is 0 Å². The van der Waals surface area contributed by atoms with E-state index in [4.69, 9.17) is 4.98 Å². The van der Waals surface area contributed by atoms with Crippen molar-refractivity contribution in [2.75, 3.05) is 18.0 Å². The number of piperidine rings is 1. The monoisotopic (exact) mass is 316 g/mol. The second-order valence-electron chi connectivity index (χ2n) is 6.53. The van der Waals surface area contributed by atoms with Crippen molar-refractivity contribution in [2.24, 2.45) is 7.05 Å². The maximum atomic E-state index is 11.2. The van der Waals surface area contributed by atoms with Crippen molar-refractivity contribution < 1.29 is 4.79 Å². The van der Waals surface area contributed by atoms with Gasteiger partial charge in [0, 0.05) is 39.0 Å². The van der Waals surface area contributed by atoms with E-state index in [0.717, 1.165) is 48.6 Å². The molecule has 1 saturated heterocycles. The van der Waals surface area contributed by atoms with Gasteiger partial charge in [0.1, 0.15) is 11.6 Å². The van der Waals surface area contributed by atoms with Crippen LogP contribution in [0, 0.1) is 0 Å². The third kappa shape index (κ3) is 3.13. The molecule has 3 rings (SSSR count). The fourth-order valence-electron chi connectivity index (χ4n) is 3.05. The summed E-state index contributed by atoms with van der Waals surface area (Å²) < 4.78 is 1.80. The highest BCUT2D eigenvalue weighted by Gasteiger charge is 2.24. The van der Waals surface area contributed by atoms with Crippen molar-refractivity contribution in [3.63, 3.8) is 0 Å². The summed E-state index contributed by atoms with van der Waals surface area (Å²) >= 11 is 0. The molecule has 1 fully saturated rings. The molecule has 23 heavy (non-hydrogen) atoms. The van der Waals surface area contributed by atoms with E-state index in [0.29, 0.717) is 0 Å². The highest BCUT2D eigenvalue weighted by molar-refractivity contribution is 5.87. The number of fused-ring (bicyclic) bond motifs is 1. The Bertz CT molecular complexity index is 715. The summed E-state index contributed by atoms with van der Waals surface area (Å²) in [7, 11) is 1.91. The average molecular weight is 316 g/mol. The first kappa shape index (κ1) is 15.7. The Morgan fingerprint density at radius 1 is 1.30 bits per heavy atom. The first-order valence-corrected chi connectivity index (χ1v) is 8.17. The van der Waals surface area contributed by atoms with Crippen LogP contribution in [0.3, 0.4) is 0 Å². The van der Waals surface area contributed by atoms with E-state index in [1.165, 1.54) is 0 Å². The molecule has 0 radical (unpaired) electrons. The third-order valence-corrected chi connectivity index (χ3v) is 4.31. The molecule has 124 valence electrons. The van der Waals surface area contributed by atoms with Crippen LogP contribution in [0.1, 0.15) is 45.4 Å². The maximum Gasteiger partial charge on any atom is 0.217 e. The molecule has 1 N–H and O–H groups in total. The molecule has 2 aromatic heterocycles. The number of anilines is 1. The Hall–Kier alpha value is -2.18. The molecule has 0 bridgehead atoms. The molecule has 0 unspecified atom stereocenters. The molecule has 0 aromatic carbocycles. The van der Waals surface area contributed by atoms with Crippen molar-refractivity contribution in [1.29, 1.82) is 0 Å². The highest BCUT2D eigenvalue weighted by Crippen LogP contribution is 2.27. The van der Waals surface area contributed by atoms with Crippen LogP contribution in [0.25, 0.3) is 11.0 Å². The number of amides is 1. The number of hydrogen-bond donors (Lipinski definition) is 1. The Labute approximate surface area is 136 Å². The average Bonchev–Trinajstić information content (AvgIpc) is 2.88. The van der Waals surface area contributed by atoms with Crippen LogP contribution in [-0.4, -0.2) is 44.8 Å². The van der Waals surface area contributed by atoms with Gasteiger partial charge in [-0.15, -0.1) is 0 Å². The fraction of sp³-hybridized carbons (Fsp3) is 0.625. The zero-order chi connectivity index (χ0) is 16.6. The summed E-state index contributed by atoms with van der Waals surface area (Å²) in [5.74, 6) is 2.13. The zero-order valence-corrected chi connectivity index (χ0v) is 14.2. The Morgan fingerprint density at radius 3 is 2.61 bits per heavy atom. The Balaban J connectivity index is 1.89. The van der Waals surface area contributed by atoms with Crippen molar-refractivity contribution in [1.82, 2.24) is 25.1 Å². The van der Waals surface area contributed by atoms with Gasteiger partial charge in [0.2, 0.25) is 5.91 Å². The maximum absolute atomic E-state index is 11.2. The second kappa shape index (κ2) is 6.14. The van der Waals surface area contributed by atoms with E-state index in [2.05, 4.69) is 34.1 Å². The standard InChI is InChI=1S/C16H24N6O/c1-10(2)14-19-15-13(9-17-21(15)4)16(20-14)22-7-5-12(6-8-22)18-11(3)23/h9-10,12H,5-8H2,1-4H3,(H,18,23). The number of carbonyl (C=O) groups is 1. The predicted molar refractivity (Wildman–Crippen MR) is 89.4 cm³/mol. The van der Waals surface area contributed by atoms with Gasteiger partial charge < -0.3 is 10.2 Å². The van der Waals surface area contributed by atoms with Crippen LogP contribution in [-0.2, 0) is 11.8 Å². The summed E-state index contributed by atoms with van der Waals surface area (Å²) in [6.07, 6.45) is 3.71. The van der Waals surface area contributed by atoms with E-state index in [-0.39, 0.29) is 17.9 Å². The van der Waals surface area contributed by atoms with Crippen LogP contribution in [0.5, 0.6) is 0 Å². The number of rotatable bonds is 3. The molecule has 0 spiro atoms. The molecule has 3 heterocycles. The van der Waals surface area contributed by atoms with Gasteiger partial charge in [0.25, 0.3) is 0 Å². The SMILES string of the molecule is CC(=O)NC1CCN(c2nc(C(C)C)nc3c2cnn3C)CC1. The van der Waals surface area contributed by atoms with Gasteiger partial charge in [-0.05, 0) is 12.8 Å². The van der Waals surface area contributed by atoms with Crippen LogP contribution in [0.15, 0.2) is 6.20 Å². The lowest BCUT2D eigenvalue weighted by molar-refractivity contribution is -0.119. The smallest absolute Gasteiger partial charge is 0.217 e. The van der Waals surface area contributed by atoms with Crippen LogP contribution in [0.4, 0.5) is 5.82 Å². The lowest BCUT2D eigenvalue weighted by atomic mass is 10.0. The topological polar surface area (TPSA) is 75.9 Å². The highest BCUT2D eigenvalue weighted by atomic mass is 16.1. The summed E-state index contributed by atoms with van der Waals surface area (Å²) in [4.78, 5) is 22.9. The summed E-state index contributed by atoms with van der Waals surface area (Å²) in [6.45, 7) is 7.53. The van der Waals surface area contributed by atoms with Crippen molar-refractivity contribution in [3.8, 4) is 0 Å². The van der Waals surface area contributed by atoms with Gasteiger partial charge in [-0.25, -0.2) is 9.97 Å². The lowest BCUT2D eigenvalue weighted by Gasteiger charge is -2.33. The molecular formula is C16H24N6O. The molecule has 1 amide bonds. The number of aromatic nitrogens is 4. The number of hydrogen-bond acceptors (Lipinski definition) is 5. The minimum absolute atomic E-state index is 0.0437. The number of carbonyl (C=O) groups excluding carboxylic acids is 1. The van der Waals surface area contributed by atoms with E-state index in [1.54, 1.807) is 11.6 Å². The molecule has 1 aliphatic heterocycles. The zero-order valence-electron chi connectivity index (χ0n) is 14.2. The summed E-state index contributed by atoms with van der Waals surface area (Å²) in [6, 6.07) is 0.263. The van der Waals surface area contributed by atoms with Gasteiger partial charge in [-0.3, -0.25) is 9.48 Å². The molecule has 1 aliphatic rings. The lowest BCUT2D eigenvalue weighted by Crippen LogP contribution is -2.44. The second-order valence-corrected chi connectivity index (χ2v) is 6.53. The Morgan fingerprint density at radius 2 is 2.00 bits per heavy atom. The first-order chi connectivity index (χ1) is 11.0. The van der Waals surface area contributed by atoms with Crippen LogP contribution < -0.4 is 10.2 Å². The molecular weight excluding hydrogens is 292 g/mol. The predicted octanol–water partition coefficient (Wildman–Crippen LogP) is 1.59. The molecule has 0 aliphatic carbocycles. The third-order valence-electron chi connectivity index (χ3n) is 4.31. The summed E-state index contributed by atoms with van der Waals surface area (Å²) in [5, 5.41) is 8.34. The number of aryl methyl sites for hydroxylation is 1. The van der Waals surface area contributed by atoms with E-state index in [9.17, 15) is 4.79 Å². The normalized spacial score (nSPS) is 16.3. The van der Waals surface area contributed by atoms with Gasteiger partial charge in [-0.1, -0.05) is 13.8 Å². The molecule has 2 aromatic rings. The largest absolute Gasteiger partial charge is 0.356 e. The Kier molecular flexibility index (Phi) is 4.19. The molecule has 0 saturated carbocycles. The van der Waals surface area contributed by atoms with E-state index in [1.807, 2.05) is 13.2 Å². The van der Waals surface area contributed by atoms with Crippen molar-refractivity contribution in [3.05, 3.63) is 12.0 Å². The fourth-order valence-corrected chi connectivity index (χ4v) is 3.05. The van der Waals surface area contributed by atoms with E-state index >= 15 is 0 Å². The number of nitrogens with zero attached hydrogens (tertiary/aromatic N) is 5. The molecule has 7 nitrogen and oxygen atoms in total.